The van der Waals surface area contributed by atoms with Gasteiger partial charge in [-0.1, -0.05) is 6.92 Å². The maximum Gasteiger partial charge on any atom is 0.371 e. The van der Waals surface area contributed by atoms with Crippen LogP contribution in [0.15, 0.2) is 20.0 Å². The van der Waals surface area contributed by atoms with Crippen molar-refractivity contribution >= 4 is 31.9 Å². The Labute approximate surface area is 119 Å². The molecule has 1 saturated heterocycles. The largest absolute Gasteiger partial charge is 0.475 e. The van der Waals surface area contributed by atoms with E-state index in [0.29, 0.717) is 19.0 Å². The lowest BCUT2D eigenvalue weighted by Gasteiger charge is -2.29. The number of furan rings is 1. The Bertz CT molecular complexity index is 594. The molecule has 1 aliphatic rings. The molecular weight excluding hydrogens is 338 g/mol. The van der Waals surface area contributed by atoms with E-state index < -0.39 is 21.8 Å². The molecule has 1 aliphatic heterocycles. The summed E-state index contributed by atoms with van der Waals surface area (Å²) in [5.74, 6) is -1.39. The first-order valence-electron chi connectivity index (χ1n) is 5.85. The second-order valence-corrected chi connectivity index (χ2v) is 7.29. The van der Waals surface area contributed by atoms with Gasteiger partial charge in [-0.15, -0.1) is 0 Å². The fraction of sp³-hybridized carbons (Fsp3) is 0.545. The van der Waals surface area contributed by atoms with Crippen molar-refractivity contribution in [2.24, 2.45) is 5.92 Å². The van der Waals surface area contributed by atoms with E-state index in [2.05, 4.69) is 15.9 Å². The van der Waals surface area contributed by atoms with Crippen molar-refractivity contribution in [2.45, 2.75) is 24.7 Å². The van der Waals surface area contributed by atoms with Gasteiger partial charge in [0.1, 0.15) is 4.90 Å². The highest BCUT2D eigenvalue weighted by Gasteiger charge is 2.33. The predicted molar refractivity (Wildman–Crippen MR) is 70.5 cm³/mol. The van der Waals surface area contributed by atoms with Gasteiger partial charge < -0.3 is 9.52 Å². The number of hydrogen-bond acceptors (Lipinski definition) is 4. The van der Waals surface area contributed by atoms with E-state index >= 15 is 0 Å². The van der Waals surface area contributed by atoms with Gasteiger partial charge in [0.2, 0.25) is 15.8 Å². The molecule has 1 N–H and O–H groups in total. The summed E-state index contributed by atoms with van der Waals surface area (Å²) in [5.41, 5.74) is 0. The molecule has 1 fully saturated rings. The van der Waals surface area contributed by atoms with Crippen molar-refractivity contribution in [2.75, 3.05) is 13.1 Å². The minimum atomic E-state index is -3.71. The van der Waals surface area contributed by atoms with Crippen LogP contribution >= 0.6 is 15.9 Å². The van der Waals surface area contributed by atoms with Gasteiger partial charge in [-0.2, -0.15) is 4.31 Å². The van der Waals surface area contributed by atoms with Crippen LogP contribution in [0.25, 0.3) is 0 Å². The zero-order chi connectivity index (χ0) is 14.2. The first-order valence-corrected chi connectivity index (χ1v) is 8.08. The molecule has 106 valence electrons. The highest BCUT2D eigenvalue weighted by atomic mass is 79.9. The van der Waals surface area contributed by atoms with Gasteiger partial charge in [-0.3, -0.25) is 0 Å². The van der Waals surface area contributed by atoms with Crippen LogP contribution in [0.5, 0.6) is 0 Å². The first kappa shape index (κ1) is 14.5. The predicted octanol–water partition coefficient (Wildman–Crippen LogP) is 2.16. The third-order valence-corrected chi connectivity index (χ3v) is 5.83. The van der Waals surface area contributed by atoms with Crippen LogP contribution in [-0.2, 0) is 10.0 Å². The second-order valence-electron chi connectivity index (χ2n) is 4.66. The van der Waals surface area contributed by atoms with Gasteiger partial charge in [0.25, 0.3) is 0 Å². The molecule has 0 radical (unpaired) electrons. The van der Waals surface area contributed by atoms with Crippen LogP contribution in [0, 0.1) is 5.92 Å². The molecular formula is C11H14BrNO5S. The Hall–Kier alpha value is -0.860. The molecule has 0 aliphatic carbocycles. The Morgan fingerprint density at radius 2 is 2.26 bits per heavy atom. The van der Waals surface area contributed by atoms with Gasteiger partial charge in [0.05, 0.1) is 0 Å². The van der Waals surface area contributed by atoms with E-state index in [1.54, 1.807) is 0 Å². The van der Waals surface area contributed by atoms with Crippen LogP contribution in [0.4, 0.5) is 0 Å². The number of hydrogen-bond donors (Lipinski definition) is 1. The van der Waals surface area contributed by atoms with Crippen molar-refractivity contribution in [3.05, 3.63) is 16.5 Å². The zero-order valence-corrected chi connectivity index (χ0v) is 12.7. The Balaban J connectivity index is 2.36. The Morgan fingerprint density at radius 1 is 1.58 bits per heavy atom. The molecule has 2 heterocycles. The SMILES string of the molecule is CC1CCCN(S(=O)(=O)c2cc(C(=O)O)oc2Br)C1. The fourth-order valence-electron chi connectivity index (χ4n) is 2.14. The number of carboxylic acid groups (broad SMARTS) is 1. The number of carbonyl (C=O) groups is 1. The summed E-state index contributed by atoms with van der Waals surface area (Å²) in [6.45, 7) is 2.89. The number of piperidine rings is 1. The van der Waals surface area contributed by atoms with E-state index in [-0.39, 0.29) is 9.56 Å². The lowest BCUT2D eigenvalue weighted by Crippen LogP contribution is -2.39. The summed E-state index contributed by atoms with van der Waals surface area (Å²) in [5, 5.41) is 8.82. The summed E-state index contributed by atoms with van der Waals surface area (Å²) < 4.78 is 31.1. The van der Waals surface area contributed by atoms with Gasteiger partial charge in [0.15, 0.2) is 4.67 Å². The molecule has 2 rings (SSSR count). The van der Waals surface area contributed by atoms with Crippen LogP contribution in [-0.4, -0.2) is 36.9 Å². The molecule has 1 unspecified atom stereocenters. The van der Waals surface area contributed by atoms with Gasteiger partial charge in [-0.05, 0) is 34.7 Å². The van der Waals surface area contributed by atoms with E-state index in [1.165, 1.54) is 4.31 Å². The Morgan fingerprint density at radius 3 is 2.79 bits per heavy atom. The number of rotatable bonds is 3. The average Bonchev–Trinajstić information content (AvgIpc) is 2.72. The summed E-state index contributed by atoms with van der Waals surface area (Å²) in [7, 11) is -3.71. The first-order chi connectivity index (χ1) is 8.82. The highest BCUT2D eigenvalue weighted by molar-refractivity contribution is 9.10. The minimum Gasteiger partial charge on any atom is -0.475 e. The summed E-state index contributed by atoms with van der Waals surface area (Å²) >= 11 is 2.97. The lowest BCUT2D eigenvalue weighted by atomic mass is 10.0. The van der Waals surface area contributed by atoms with E-state index in [9.17, 15) is 13.2 Å². The van der Waals surface area contributed by atoms with Gasteiger partial charge in [0, 0.05) is 19.2 Å². The fourth-order valence-corrected chi connectivity index (χ4v) is 4.64. The number of aromatic carboxylic acids is 1. The summed E-state index contributed by atoms with van der Waals surface area (Å²) in [6, 6.07) is 1.04. The van der Waals surface area contributed by atoms with Crippen LogP contribution in [0.2, 0.25) is 0 Å². The summed E-state index contributed by atoms with van der Waals surface area (Å²) in [6.07, 6.45) is 1.81. The van der Waals surface area contributed by atoms with Crippen molar-refractivity contribution in [3.63, 3.8) is 0 Å². The van der Waals surface area contributed by atoms with E-state index in [4.69, 9.17) is 9.52 Å². The minimum absolute atomic E-state index is 0.0665. The van der Waals surface area contributed by atoms with Crippen molar-refractivity contribution in [1.29, 1.82) is 0 Å². The quantitative estimate of drug-likeness (QED) is 0.901. The molecule has 1 aromatic rings. The maximum atomic E-state index is 12.4. The molecule has 0 aromatic carbocycles. The molecule has 19 heavy (non-hydrogen) atoms. The van der Waals surface area contributed by atoms with Gasteiger partial charge >= 0.3 is 5.97 Å². The molecule has 6 nitrogen and oxygen atoms in total. The van der Waals surface area contributed by atoms with E-state index in [1.807, 2.05) is 6.92 Å². The second kappa shape index (κ2) is 5.26. The van der Waals surface area contributed by atoms with E-state index in [0.717, 1.165) is 18.9 Å². The standard InChI is InChI=1S/C11H14BrNO5S/c1-7-3-2-4-13(6-7)19(16,17)9-5-8(11(14)15)18-10(9)12/h5,7H,2-4,6H2,1H3,(H,14,15). The lowest BCUT2D eigenvalue weighted by molar-refractivity contribution is 0.0661. The van der Waals surface area contributed by atoms with Gasteiger partial charge in [-0.25, -0.2) is 13.2 Å². The smallest absolute Gasteiger partial charge is 0.371 e. The van der Waals surface area contributed by atoms with Crippen molar-refractivity contribution in [1.82, 2.24) is 4.31 Å². The number of sulfonamides is 1. The zero-order valence-electron chi connectivity index (χ0n) is 10.3. The molecule has 0 bridgehead atoms. The Kier molecular flexibility index (Phi) is 4.03. The normalized spacial score (nSPS) is 21.5. The topological polar surface area (TPSA) is 87.8 Å². The molecule has 8 heteroatoms. The summed E-state index contributed by atoms with van der Waals surface area (Å²) in [4.78, 5) is 10.7. The average molecular weight is 352 g/mol. The molecule has 0 amide bonds. The number of halogens is 1. The molecule has 0 spiro atoms. The third-order valence-electron chi connectivity index (χ3n) is 3.10. The highest BCUT2D eigenvalue weighted by Crippen LogP contribution is 2.31. The van der Waals surface area contributed by atoms with Crippen molar-refractivity contribution in [3.8, 4) is 0 Å². The number of nitrogens with zero attached hydrogens (tertiary/aromatic N) is 1. The van der Waals surface area contributed by atoms with Crippen LogP contribution < -0.4 is 0 Å². The molecule has 1 atom stereocenters. The monoisotopic (exact) mass is 351 g/mol. The van der Waals surface area contributed by atoms with Crippen LogP contribution in [0.3, 0.4) is 0 Å². The number of carboxylic acids is 1. The van der Waals surface area contributed by atoms with Crippen LogP contribution in [0.1, 0.15) is 30.3 Å². The van der Waals surface area contributed by atoms with Crippen molar-refractivity contribution < 1.29 is 22.7 Å². The molecule has 1 aromatic heterocycles. The maximum absolute atomic E-state index is 12.4. The third kappa shape index (κ3) is 2.85. The molecule has 0 saturated carbocycles.